The zero-order valence-corrected chi connectivity index (χ0v) is 10.3. The van der Waals surface area contributed by atoms with E-state index in [4.69, 9.17) is 0 Å². The Bertz CT molecular complexity index is 333. The molecule has 0 fully saturated rings. The number of alkyl halides is 1. The highest BCUT2D eigenvalue weighted by molar-refractivity contribution is 14.1. The lowest BCUT2D eigenvalue weighted by molar-refractivity contribution is 0.0952. The molecular weight excluding hydrogens is 310 g/mol. The van der Waals surface area contributed by atoms with E-state index >= 15 is 0 Å². The van der Waals surface area contributed by atoms with Crippen LogP contribution < -0.4 is 5.32 Å². The Kier molecular flexibility index (Phi) is 5.52. The van der Waals surface area contributed by atoms with Gasteiger partial charge in [-0.1, -0.05) is 22.6 Å². The van der Waals surface area contributed by atoms with Gasteiger partial charge in [-0.05, 0) is 23.3 Å². The lowest BCUT2D eigenvalue weighted by Gasteiger charge is -2.03. The molecule has 1 N–H and O–H groups in total. The van der Waals surface area contributed by atoms with E-state index in [0.29, 0.717) is 6.54 Å². The van der Waals surface area contributed by atoms with Gasteiger partial charge in [0, 0.05) is 12.7 Å². The molecule has 0 spiro atoms. The van der Waals surface area contributed by atoms with Crippen molar-refractivity contribution in [3.05, 3.63) is 29.8 Å². The number of hydrogen-bond acceptors (Lipinski definition) is 2. The van der Waals surface area contributed by atoms with Gasteiger partial charge in [-0.15, -0.1) is 0 Å². The standard InChI is InChI=1S/C10H12FIN2O/c11-9-5-8(6-13-7-9)10(15)14-4-2-1-3-12/h5-7H,1-4H2,(H,14,15). The van der Waals surface area contributed by atoms with Gasteiger partial charge in [0.1, 0.15) is 5.82 Å². The summed E-state index contributed by atoms with van der Waals surface area (Å²) in [4.78, 5) is 15.1. The van der Waals surface area contributed by atoms with Crippen LogP contribution >= 0.6 is 22.6 Å². The Morgan fingerprint density at radius 2 is 2.27 bits per heavy atom. The number of carbonyl (C=O) groups excluding carboxylic acids is 1. The Morgan fingerprint density at radius 1 is 1.47 bits per heavy atom. The van der Waals surface area contributed by atoms with Crippen molar-refractivity contribution in [1.82, 2.24) is 10.3 Å². The zero-order valence-electron chi connectivity index (χ0n) is 8.17. The average Bonchev–Trinajstić information content (AvgIpc) is 2.24. The number of aromatic nitrogens is 1. The molecule has 82 valence electrons. The van der Waals surface area contributed by atoms with Crippen molar-refractivity contribution in [3.63, 3.8) is 0 Å². The first-order chi connectivity index (χ1) is 7.24. The third-order valence-electron chi connectivity index (χ3n) is 1.81. The number of hydrogen-bond donors (Lipinski definition) is 1. The third kappa shape index (κ3) is 4.55. The summed E-state index contributed by atoms with van der Waals surface area (Å²) < 4.78 is 13.8. The van der Waals surface area contributed by atoms with Crippen molar-refractivity contribution in [1.29, 1.82) is 0 Å². The molecule has 5 heteroatoms. The number of halogens is 2. The van der Waals surface area contributed by atoms with Crippen LogP contribution in [0.25, 0.3) is 0 Å². The van der Waals surface area contributed by atoms with Gasteiger partial charge in [-0.25, -0.2) is 4.39 Å². The summed E-state index contributed by atoms with van der Waals surface area (Å²) in [6, 6.07) is 1.18. The Hall–Kier alpha value is -0.720. The molecule has 1 heterocycles. The van der Waals surface area contributed by atoms with Gasteiger partial charge in [0.15, 0.2) is 0 Å². The highest BCUT2D eigenvalue weighted by Crippen LogP contribution is 2.00. The quantitative estimate of drug-likeness (QED) is 0.513. The fourth-order valence-corrected chi connectivity index (χ4v) is 1.60. The summed E-state index contributed by atoms with van der Waals surface area (Å²) in [7, 11) is 0. The van der Waals surface area contributed by atoms with Crippen LogP contribution in [0.15, 0.2) is 18.5 Å². The van der Waals surface area contributed by atoms with E-state index in [-0.39, 0.29) is 11.5 Å². The molecule has 1 aromatic rings. The van der Waals surface area contributed by atoms with E-state index in [9.17, 15) is 9.18 Å². The Balaban J connectivity index is 2.40. The highest BCUT2D eigenvalue weighted by atomic mass is 127. The number of unbranched alkanes of at least 4 members (excludes halogenated alkanes) is 1. The van der Waals surface area contributed by atoms with Gasteiger partial charge in [-0.2, -0.15) is 0 Å². The fourth-order valence-electron chi connectivity index (χ4n) is 1.06. The topological polar surface area (TPSA) is 42.0 Å². The van der Waals surface area contributed by atoms with E-state index in [2.05, 4.69) is 32.9 Å². The van der Waals surface area contributed by atoms with Crippen LogP contribution in [0.2, 0.25) is 0 Å². The maximum Gasteiger partial charge on any atom is 0.252 e. The minimum Gasteiger partial charge on any atom is -0.352 e. The Morgan fingerprint density at radius 3 is 2.93 bits per heavy atom. The predicted octanol–water partition coefficient (Wildman–Crippen LogP) is 2.17. The highest BCUT2D eigenvalue weighted by Gasteiger charge is 2.05. The van der Waals surface area contributed by atoms with E-state index in [0.717, 1.165) is 23.5 Å². The molecule has 0 saturated heterocycles. The number of nitrogens with one attached hydrogen (secondary N) is 1. The number of pyridine rings is 1. The normalized spacial score (nSPS) is 10.0. The van der Waals surface area contributed by atoms with Crippen LogP contribution in [0.1, 0.15) is 23.2 Å². The molecule has 1 rings (SSSR count). The summed E-state index contributed by atoms with van der Waals surface area (Å²) in [6.45, 7) is 0.623. The van der Waals surface area contributed by atoms with Gasteiger partial charge < -0.3 is 5.32 Å². The zero-order chi connectivity index (χ0) is 11.1. The molecule has 1 aromatic heterocycles. The van der Waals surface area contributed by atoms with Crippen LogP contribution in [0.5, 0.6) is 0 Å². The molecule has 3 nitrogen and oxygen atoms in total. The predicted molar refractivity (Wildman–Crippen MR) is 64.6 cm³/mol. The molecule has 0 aliphatic rings. The molecule has 15 heavy (non-hydrogen) atoms. The summed E-state index contributed by atoms with van der Waals surface area (Å²) in [5.74, 6) is -0.759. The molecular formula is C10H12FIN2O. The van der Waals surface area contributed by atoms with Gasteiger partial charge >= 0.3 is 0 Å². The van der Waals surface area contributed by atoms with Gasteiger partial charge in [0.25, 0.3) is 5.91 Å². The lowest BCUT2D eigenvalue weighted by atomic mass is 10.2. The monoisotopic (exact) mass is 322 g/mol. The van der Waals surface area contributed by atoms with Gasteiger partial charge in [-0.3, -0.25) is 9.78 Å². The number of carbonyl (C=O) groups is 1. The second-order valence-corrected chi connectivity index (χ2v) is 4.12. The summed E-state index contributed by atoms with van der Waals surface area (Å²) in [6.07, 6.45) is 4.45. The minimum absolute atomic E-state index is 0.268. The summed E-state index contributed by atoms with van der Waals surface area (Å²) in [5, 5.41) is 2.71. The largest absolute Gasteiger partial charge is 0.352 e. The second kappa shape index (κ2) is 6.71. The molecule has 0 unspecified atom stereocenters. The summed E-state index contributed by atoms with van der Waals surface area (Å²) >= 11 is 2.29. The van der Waals surface area contributed by atoms with Crippen molar-refractivity contribution in [2.24, 2.45) is 0 Å². The molecule has 0 saturated carbocycles. The molecule has 0 radical (unpaired) electrons. The molecule has 0 atom stereocenters. The maximum atomic E-state index is 12.7. The molecule has 0 aliphatic carbocycles. The lowest BCUT2D eigenvalue weighted by Crippen LogP contribution is -2.24. The average molecular weight is 322 g/mol. The van der Waals surface area contributed by atoms with Gasteiger partial charge in [0.05, 0.1) is 11.8 Å². The Labute approximate surface area is 102 Å². The van der Waals surface area contributed by atoms with E-state index in [1.54, 1.807) is 0 Å². The molecule has 0 aromatic carbocycles. The minimum atomic E-state index is -0.491. The maximum absolute atomic E-state index is 12.7. The van der Waals surface area contributed by atoms with Crippen molar-refractivity contribution in [2.75, 3.05) is 11.0 Å². The number of nitrogens with zero attached hydrogens (tertiary/aromatic N) is 1. The summed E-state index contributed by atoms with van der Waals surface area (Å²) in [5.41, 5.74) is 0.268. The number of rotatable bonds is 5. The van der Waals surface area contributed by atoms with E-state index in [1.807, 2.05) is 0 Å². The first-order valence-electron chi connectivity index (χ1n) is 4.69. The third-order valence-corrected chi connectivity index (χ3v) is 2.58. The van der Waals surface area contributed by atoms with Crippen LogP contribution in [0, 0.1) is 5.82 Å². The van der Waals surface area contributed by atoms with Crippen LogP contribution in [0.4, 0.5) is 4.39 Å². The van der Waals surface area contributed by atoms with Crippen molar-refractivity contribution in [2.45, 2.75) is 12.8 Å². The molecule has 0 aliphatic heterocycles. The second-order valence-electron chi connectivity index (χ2n) is 3.04. The first-order valence-corrected chi connectivity index (χ1v) is 6.21. The van der Waals surface area contributed by atoms with E-state index in [1.165, 1.54) is 12.3 Å². The van der Waals surface area contributed by atoms with Crippen molar-refractivity contribution >= 4 is 28.5 Å². The van der Waals surface area contributed by atoms with Gasteiger partial charge in [0.2, 0.25) is 0 Å². The fraction of sp³-hybridized carbons (Fsp3) is 0.400. The van der Waals surface area contributed by atoms with Crippen LogP contribution in [0.3, 0.4) is 0 Å². The van der Waals surface area contributed by atoms with Crippen LogP contribution in [-0.4, -0.2) is 21.9 Å². The molecule has 1 amide bonds. The number of amides is 1. The molecule has 0 bridgehead atoms. The van der Waals surface area contributed by atoms with Crippen LogP contribution in [-0.2, 0) is 0 Å². The first kappa shape index (κ1) is 12.4. The van der Waals surface area contributed by atoms with Crippen molar-refractivity contribution in [3.8, 4) is 0 Å². The SMILES string of the molecule is O=C(NCCCCI)c1cncc(F)c1. The van der Waals surface area contributed by atoms with E-state index < -0.39 is 5.82 Å². The van der Waals surface area contributed by atoms with Crippen molar-refractivity contribution < 1.29 is 9.18 Å². The smallest absolute Gasteiger partial charge is 0.252 e.